The van der Waals surface area contributed by atoms with E-state index in [2.05, 4.69) is 36.2 Å². The number of pyridine rings is 1. The fourth-order valence-electron chi connectivity index (χ4n) is 7.35. The number of nitrogens with zero attached hydrogens (tertiary/aromatic N) is 3. The molecule has 8 rings (SSSR count). The molecule has 290 valence electrons. The number of phenolic OH excluding ortho intramolecular Hbond substituents is 1. The lowest BCUT2D eigenvalue weighted by Crippen LogP contribution is -2.11. The molecule has 4 nitrogen and oxygen atoms in total. The van der Waals surface area contributed by atoms with Gasteiger partial charge in [0.1, 0.15) is 11.6 Å². The Morgan fingerprint density at radius 1 is 0.621 bits per heavy atom. The number of hydrogen-bond donors (Lipinski definition) is 1. The molecule has 4 heteroatoms. The maximum absolute atomic E-state index is 11.7. The highest BCUT2D eigenvalue weighted by Gasteiger charge is 2.24. The Hall–Kier alpha value is -6.26. The lowest BCUT2D eigenvalue weighted by Gasteiger charge is -2.22. The highest BCUT2D eigenvalue weighted by atomic mass is 16.3. The van der Waals surface area contributed by atoms with Crippen molar-refractivity contribution >= 4 is 11.0 Å². The van der Waals surface area contributed by atoms with Crippen LogP contribution in [0.25, 0.3) is 72.7 Å². The molecule has 0 saturated carbocycles. The van der Waals surface area contributed by atoms with Crippen LogP contribution in [0.1, 0.15) is 96.6 Å². The topological polar surface area (TPSA) is 50.9 Å². The maximum Gasteiger partial charge on any atom is 0.149 e. The van der Waals surface area contributed by atoms with Crippen molar-refractivity contribution in [3.63, 3.8) is 0 Å². The predicted molar refractivity (Wildman–Crippen MR) is 244 cm³/mol. The third kappa shape index (κ3) is 7.24. The van der Waals surface area contributed by atoms with Crippen LogP contribution in [0.5, 0.6) is 5.75 Å². The minimum Gasteiger partial charge on any atom is -0.507 e. The SMILES string of the molecule is [2H]c1nc(-c2cc(-c3cccc4c3nc(-c3cc(C)cc(C)c3O)n4-c3cc(C)c(C)c(-c4ccccc4)c3)cc(C(C)(C)C)c2)c([2H])c(-c2c([2H])c([2H])c(C(C([2H])([2H])[2H])(C([2H])([2H])[2H])C([2H])([2H])[2H])c([2H])c2[2H])c1[2H]. The van der Waals surface area contributed by atoms with Crippen LogP contribution in [-0.4, -0.2) is 19.6 Å². The second-order valence-corrected chi connectivity index (χ2v) is 16.0. The molecule has 0 atom stereocenters. The second kappa shape index (κ2) is 14.6. The lowest BCUT2D eigenvalue weighted by molar-refractivity contribution is 0.472. The molecule has 2 aromatic heterocycles. The summed E-state index contributed by atoms with van der Waals surface area (Å²) >= 11 is 0. The zero-order valence-electron chi connectivity index (χ0n) is 49.4. The molecule has 0 unspecified atom stereocenters. The van der Waals surface area contributed by atoms with Gasteiger partial charge in [0.25, 0.3) is 0 Å². The maximum atomic E-state index is 11.7. The molecular formula is C54H53N3O. The summed E-state index contributed by atoms with van der Waals surface area (Å²) in [7, 11) is 0. The lowest BCUT2D eigenvalue weighted by atomic mass is 9.83. The molecule has 0 saturated heterocycles. The molecule has 0 bridgehead atoms. The van der Waals surface area contributed by atoms with Gasteiger partial charge in [-0.25, -0.2) is 4.98 Å². The minimum absolute atomic E-state index is 0.0641. The van der Waals surface area contributed by atoms with Crippen LogP contribution in [0.15, 0.2) is 133 Å². The number of aromatic hydroxyl groups is 1. The van der Waals surface area contributed by atoms with Crippen LogP contribution in [-0.2, 0) is 10.8 Å². The van der Waals surface area contributed by atoms with Crippen molar-refractivity contribution in [3.05, 3.63) is 167 Å². The van der Waals surface area contributed by atoms with E-state index >= 15 is 0 Å². The Labute approximate surface area is 366 Å². The van der Waals surface area contributed by atoms with Crippen LogP contribution < -0.4 is 0 Å². The van der Waals surface area contributed by atoms with E-state index in [1.165, 1.54) is 0 Å². The van der Waals surface area contributed by atoms with Crippen LogP contribution >= 0.6 is 0 Å². The van der Waals surface area contributed by atoms with Gasteiger partial charge in [0, 0.05) is 35.3 Å². The first-order chi connectivity index (χ1) is 34.2. The fourth-order valence-corrected chi connectivity index (χ4v) is 7.35. The zero-order chi connectivity index (χ0) is 54.7. The van der Waals surface area contributed by atoms with E-state index in [1.54, 1.807) is 12.1 Å². The third-order valence-electron chi connectivity index (χ3n) is 10.6. The van der Waals surface area contributed by atoms with Crippen LogP contribution in [0, 0.1) is 27.7 Å². The van der Waals surface area contributed by atoms with E-state index in [0.717, 1.165) is 39.1 Å². The molecule has 8 aromatic rings. The summed E-state index contributed by atoms with van der Waals surface area (Å²) in [6.07, 6.45) is -0.724. The number of aromatic nitrogens is 3. The quantitative estimate of drug-likeness (QED) is 0.183. The van der Waals surface area contributed by atoms with Gasteiger partial charge in [-0.05, 0) is 148 Å². The van der Waals surface area contributed by atoms with Crippen molar-refractivity contribution in [1.29, 1.82) is 0 Å². The van der Waals surface area contributed by atoms with E-state index in [-0.39, 0.29) is 17.0 Å². The molecule has 0 aliphatic rings. The standard InChI is InChI=1S/C54H53N3O/c1-33-25-35(3)51(58)47(26-33)52-56-50-45(17-14-18-49(50)57(52)44-27-34(2)36(4)46(32-44)38-15-12-11-13-16-38)40-28-41(30-43(29-40)54(8,9)10)48-31-39(23-24-55-48)37-19-21-42(22-20-37)53(5,6)7/h11-32,58H,1-10H3/i5D3,6D3,7D3,19D,20D,21D,22D,23D,24D,31D. The molecule has 6 aromatic carbocycles. The number of phenols is 1. The third-order valence-corrected chi connectivity index (χ3v) is 10.6. The monoisotopic (exact) mass is 776 g/mol. The Bertz CT molecular complexity index is 3520. The minimum atomic E-state index is -3.92. The van der Waals surface area contributed by atoms with Crippen molar-refractivity contribution < 1.29 is 27.0 Å². The smallest absolute Gasteiger partial charge is 0.149 e. The van der Waals surface area contributed by atoms with Gasteiger partial charge in [-0.15, -0.1) is 0 Å². The first kappa shape index (κ1) is 23.8. The van der Waals surface area contributed by atoms with Gasteiger partial charge in [0.05, 0.1) is 31.9 Å². The van der Waals surface area contributed by atoms with Crippen LogP contribution in [0.2, 0.25) is 0 Å². The van der Waals surface area contributed by atoms with Crippen LogP contribution in [0.4, 0.5) is 0 Å². The average molecular weight is 776 g/mol. The summed E-state index contributed by atoms with van der Waals surface area (Å²) in [4.78, 5) is 9.73. The van der Waals surface area contributed by atoms with E-state index in [1.807, 2.05) is 101 Å². The number of aryl methyl sites for hydroxylation is 3. The highest BCUT2D eigenvalue weighted by Crippen LogP contribution is 2.42. The van der Waals surface area contributed by atoms with Gasteiger partial charge in [-0.3, -0.25) is 9.55 Å². The number of hydrogen-bond acceptors (Lipinski definition) is 3. The van der Waals surface area contributed by atoms with E-state index in [4.69, 9.17) is 25.5 Å². The molecule has 0 radical (unpaired) electrons. The zero-order valence-corrected chi connectivity index (χ0v) is 33.4. The summed E-state index contributed by atoms with van der Waals surface area (Å²) in [6, 6.07) is 23.0. The molecule has 0 aliphatic heterocycles. The molecule has 0 spiro atoms. The van der Waals surface area contributed by atoms with Gasteiger partial charge in [0.2, 0.25) is 0 Å². The molecule has 1 N–H and O–H groups in total. The highest BCUT2D eigenvalue weighted by molar-refractivity contribution is 5.97. The van der Waals surface area contributed by atoms with E-state index in [0.29, 0.717) is 39.1 Å². The largest absolute Gasteiger partial charge is 0.507 e. The Morgan fingerprint density at radius 3 is 2.09 bits per heavy atom. The summed E-state index contributed by atoms with van der Waals surface area (Å²) in [5, 5.41) is 11.7. The molecular weight excluding hydrogens is 707 g/mol. The average Bonchev–Trinajstić information content (AvgIpc) is 3.69. The van der Waals surface area contributed by atoms with Gasteiger partial charge in [-0.1, -0.05) is 120 Å². The summed E-state index contributed by atoms with van der Waals surface area (Å²) in [6.45, 7) is 2.08. The van der Waals surface area contributed by atoms with Crippen molar-refractivity contribution in [2.45, 2.75) is 79.9 Å². The Morgan fingerprint density at radius 2 is 1.36 bits per heavy atom. The van der Waals surface area contributed by atoms with Crippen molar-refractivity contribution in [2.24, 2.45) is 0 Å². The summed E-state index contributed by atoms with van der Waals surface area (Å²) < 4.78 is 140. The first-order valence-electron chi connectivity index (χ1n) is 27.0. The van der Waals surface area contributed by atoms with Gasteiger partial charge < -0.3 is 5.11 Å². The molecule has 58 heavy (non-hydrogen) atoms. The number of imidazole rings is 1. The number of para-hydroxylation sites is 1. The van der Waals surface area contributed by atoms with Gasteiger partial charge in [0.15, 0.2) is 0 Å². The van der Waals surface area contributed by atoms with E-state index in [9.17, 15) is 6.48 Å². The summed E-state index contributed by atoms with van der Waals surface area (Å²) in [5.74, 6) is 0.532. The van der Waals surface area contributed by atoms with Gasteiger partial charge in [-0.2, -0.15) is 0 Å². The molecule has 0 aliphatic carbocycles. The number of fused-ring (bicyclic) bond motifs is 1. The Balaban J connectivity index is 1.42. The first-order valence-corrected chi connectivity index (χ1v) is 19.0. The van der Waals surface area contributed by atoms with E-state index < -0.39 is 90.5 Å². The predicted octanol–water partition coefficient (Wildman–Crippen LogP) is 14.3. The summed E-state index contributed by atoms with van der Waals surface area (Å²) in [5.41, 5.74) is 3.11. The van der Waals surface area contributed by atoms with Crippen molar-refractivity contribution in [3.8, 4) is 67.5 Å². The van der Waals surface area contributed by atoms with Gasteiger partial charge >= 0.3 is 0 Å². The Kier molecular flexibility index (Phi) is 6.00. The molecule has 0 fully saturated rings. The molecule has 0 amide bonds. The fraction of sp³-hybridized carbons (Fsp3) is 0.222. The second-order valence-electron chi connectivity index (χ2n) is 16.0. The van der Waals surface area contributed by atoms with Crippen LogP contribution in [0.3, 0.4) is 0 Å². The molecule has 2 heterocycles. The number of rotatable bonds is 6. The van der Waals surface area contributed by atoms with Crippen molar-refractivity contribution in [1.82, 2.24) is 14.5 Å². The number of benzene rings is 6. The normalized spacial score (nSPS) is 16.7. The van der Waals surface area contributed by atoms with Crippen molar-refractivity contribution in [2.75, 3.05) is 0 Å².